The van der Waals surface area contributed by atoms with Crippen molar-refractivity contribution in [2.24, 2.45) is 0 Å². The van der Waals surface area contributed by atoms with Gasteiger partial charge >= 0.3 is 5.97 Å². The molecule has 3 aromatic rings. The van der Waals surface area contributed by atoms with E-state index in [-0.39, 0.29) is 11.1 Å². The molecule has 1 aromatic heterocycles. The number of aromatic amines is 1. The highest BCUT2D eigenvalue weighted by atomic mass is 16.4. The second-order valence-corrected chi connectivity index (χ2v) is 4.77. The molecular weight excluding hydrogens is 268 g/mol. The predicted molar refractivity (Wildman–Crippen MR) is 79.5 cm³/mol. The number of carboxylic acid groups (broad SMARTS) is 1. The van der Waals surface area contributed by atoms with Gasteiger partial charge in [-0.05, 0) is 42.3 Å². The van der Waals surface area contributed by atoms with Crippen LogP contribution in [0.1, 0.15) is 16.2 Å². The van der Waals surface area contributed by atoms with E-state index in [0.717, 1.165) is 11.1 Å². The van der Waals surface area contributed by atoms with Crippen LogP contribution in [0.2, 0.25) is 0 Å². The van der Waals surface area contributed by atoms with Crippen LogP contribution in [-0.2, 0) is 0 Å². The van der Waals surface area contributed by atoms with Gasteiger partial charge in [-0.2, -0.15) is 0 Å². The molecule has 0 radical (unpaired) electrons. The summed E-state index contributed by atoms with van der Waals surface area (Å²) in [4.78, 5) is 29.7. The first-order valence-electron chi connectivity index (χ1n) is 6.39. The van der Waals surface area contributed by atoms with Crippen molar-refractivity contribution in [3.63, 3.8) is 0 Å². The van der Waals surface area contributed by atoms with Crippen molar-refractivity contribution in [1.82, 2.24) is 9.97 Å². The molecule has 5 heteroatoms. The zero-order chi connectivity index (χ0) is 15.0. The maximum atomic E-state index is 12.0. The largest absolute Gasteiger partial charge is 0.478 e. The predicted octanol–water partition coefficient (Wildman–Crippen LogP) is 2.60. The number of aryl methyl sites for hydroxylation is 1. The number of fused-ring (bicyclic) bond motifs is 1. The van der Waals surface area contributed by atoms with E-state index in [9.17, 15) is 9.59 Å². The lowest BCUT2D eigenvalue weighted by atomic mass is 10.0. The summed E-state index contributed by atoms with van der Waals surface area (Å²) in [6.45, 7) is 1.74. The van der Waals surface area contributed by atoms with E-state index in [0.29, 0.717) is 16.7 Å². The molecular formula is C16H12N2O3. The average molecular weight is 280 g/mol. The number of nitrogens with zero attached hydrogens (tertiary/aromatic N) is 1. The molecule has 0 unspecified atom stereocenters. The van der Waals surface area contributed by atoms with Gasteiger partial charge in [-0.15, -0.1) is 0 Å². The highest BCUT2D eigenvalue weighted by molar-refractivity contribution is 5.89. The molecule has 0 aliphatic heterocycles. The summed E-state index contributed by atoms with van der Waals surface area (Å²) in [5.74, 6) is -0.387. The first kappa shape index (κ1) is 13.1. The van der Waals surface area contributed by atoms with Gasteiger partial charge in [0.2, 0.25) is 0 Å². The third kappa shape index (κ3) is 2.41. The number of aromatic nitrogens is 2. The Hall–Kier alpha value is -2.95. The van der Waals surface area contributed by atoms with Crippen LogP contribution < -0.4 is 5.56 Å². The van der Waals surface area contributed by atoms with Gasteiger partial charge in [0, 0.05) is 0 Å². The summed E-state index contributed by atoms with van der Waals surface area (Å²) in [6.07, 6.45) is 0. The third-order valence-electron chi connectivity index (χ3n) is 3.29. The van der Waals surface area contributed by atoms with Gasteiger partial charge in [0.1, 0.15) is 5.82 Å². The van der Waals surface area contributed by atoms with Gasteiger partial charge in [0.15, 0.2) is 0 Å². The molecule has 0 amide bonds. The topological polar surface area (TPSA) is 83.0 Å². The fourth-order valence-electron chi connectivity index (χ4n) is 2.24. The molecule has 0 aliphatic carbocycles. The number of carbonyl (C=O) groups is 1. The normalized spacial score (nSPS) is 10.7. The first-order valence-corrected chi connectivity index (χ1v) is 6.39. The molecule has 2 N–H and O–H groups in total. The number of hydrogen-bond donors (Lipinski definition) is 2. The number of nitrogens with one attached hydrogen (secondary N) is 1. The van der Waals surface area contributed by atoms with E-state index >= 15 is 0 Å². The highest BCUT2D eigenvalue weighted by Crippen LogP contribution is 2.22. The monoisotopic (exact) mass is 280 g/mol. The molecule has 0 bridgehead atoms. The van der Waals surface area contributed by atoms with E-state index < -0.39 is 5.97 Å². The number of rotatable bonds is 2. The first-order chi connectivity index (χ1) is 10.0. The van der Waals surface area contributed by atoms with Gasteiger partial charge < -0.3 is 10.1 Å². The molecule has 104 valence electrons. The van der Waals surface area contributed by atoms with E-state index in [1.165, 1.54) is 0 Å². The number of carboxylic acids is 1. The van der Waals surface area contributed by atoms with Crippen molar-refractivity contribution in [2.45, 2.75) is 6.92 Å². The summed E-state index contributed by atoms with van der Waals surface area (Å²) in [7, 11) is 0. The SMILES string of the molecule is Cc1nc2ccc(-c3ccc(C(=O)O)cc3)cc2c(=O)[nH]1. The van der Waals surface area contributed by atoms with E-state index in [2.05, 4.69) is 9.97 Å². The molecule has 0 spiro atoms. The minimum atomic E-state index is -0.962. The Labute approximate surface area is 119 Å². The van der Waals surface area contributed by atoms with Crippen molar-refractivity contribution in [1.29, 1.82) is 0 Å². The third-order valence-corrected chi connectivity index (χ3v) is 3.29. The highest BCUT2D eigenvalue weighted by Gasteiger charge is 2.06. The fourth-order valence-corrected chi connectivity index (χ4v) is 2.24. The Bertz CT molecular complexity index is 896. The van der Waals surface area contributed by atoms with Gasteiger partial charge in [-0.1, -0.05) is 18.2 Å². The summed E-state index contributed by atoms with van der Waals surface area (Å²) in [5.41, 5.74) is 2.39. The van der Waals surface area contributed by atoms with Crippen molar-refractivity contribution in [2.75, 3.05) is 0 Å². The maximum absolute atomic E-state index is 12.0. The van der Waals surface area contributed by atoms with Crippen LogP contribution in [0, 0.1) is 6.92 Å². The van der Waals surface area contributed by atoms with Crippen LogP contribution in [0.25, 0.3) is 22.0 Å². The van der Waals surface area contributed by atoms with E-state index in [4.69, 9.17) is 5.11 Å². The van der Waals surface area contributed by atoms with Gasteiger partial charge in [0.25, 0.3) is 5.56 Å². The molecule has 0 atom stereocenters. The molecule has 1 heterocycles. The Balaban J connectivity index is 2.12. The Morgan fingerprint density at radius 1 is 1.10 bits per heavy atom. The Morgan fingerprint density at radius 3 is 2.43 bits per heavy atom. The summed E-state index contributed by atoms with van der Waals surface area (Å²) in [5, 5.41) is 9.41. The zero-order valence-electron chi connectivity index (χ0n) is 11.3. The number of aromatic carboxylic acids is 1. The summed E-state index contributed by atoms with van der Waals surface area (Å²) < 4.78 is 0. The zero-order valence-corrected chi connectivity index (χ0v) is 11.3. The minimum Gasteiger partial charge on any atom is -0.478 e. The van der Waals surface area contributed by atoms with Crippen LogP contribution >= 0.6 is 0 Å². The quantitative estimate of drug-likeness (QED) is 0.755. The van der Waals surface area contributed by atoms with Crippen molar-refractivity contribution in [3.05, 3.63) is 64.2 Å². The fraction of sp³-hybridized carbons (Fsp3) is 0.0625. The van der Waals surface area contributed by atoms with Crippen LogP contribution in [0.4, 0.5) is 0 Å². The van der Waals surface area contributed by atoms with Crippen molar-refractivity contribution < 1.29 is 9.90 Å². The minimum absolute atomic E-state index is 0.179. The number of hydrogen-bond acceptors (Lipinski definition) is 3. The number of benzene rings is 2. The van der Waals surface area contributed by atoms with Crippen LogP contribution in [0.15, 0.2) is 47.3 Å². The molecule has 21 heavy (non-hydrogen) atoms. The Morgan fingerprint density at radius 2 is 1.76 bits per heavy atom. The molecule has 5 nitrogen and oxygen atoms in total. The second-order valence-electron chi connectivity index (χ2n) is 4.77. The van der Waals surface area contributed by atoms with Crippen LogP contribution in [-0.4, -0.2) is 21.0 Å². The molecule has 0 fully saturated rings. The standard InChI is InChI=1S/C16H12N2O3/c1-9-17-14-7-6-12(8-13(14)15(19)18-9)10-2-4-11(5-3-10)16(20)21/h2-8H,1H3,(H,20,21)(H,17,18,19). The molecule has 0 saturated carbocycles. The van der Waals surface area contributed by atoms with Crippen molar-refractivity contribution >= 4 is 16.9 Å². The van der Waals surface area contributed by atoms with Crippen LogP contribution in [0.5, 0.6) is 0 Å². The lowest BCUT2D eigenvalue weighted by Gasteiger charge is -2.04. The number of H-pyrrole nitrogens is 1. The summed E-state index contributed by atoms with van der Waals surface area (Å²) >= 11 is 0. The lowest BCUT2D eigenvalue weighted by molar-refractivity contribution is 0.0697. The van der Waals surface area contributed by atoms with E-state index in [1.807, 2.05) is 6.07 Å². The van der Waals surface area contributed by atoms with Crippen molar-refractivity contribution in [3.8, 4) is 11.1 Å². The molecule has 0 saturated heterocycles. The van der Waals surface area contributed by atoms with Gasteiger partial charge in [0.05, 0.1) is 16.5 Å². The maximum Gasteiger partial charge on any atom is 0.335 e. The average Bonchev–Trinajstić information content (AvgIpc) is 2.47. The Kier molecular flexibility index (Phi) is 3.02. The second kappa shape index (κ2) is 4.86. The molecule has 0 aliphatic rings. The van der Waals surface area contributed by atoms with Crippen LogP contribution in [0.3, 0.4) is 0 Å². The molecule has 2 aromatic carbocycles. The van der Waals surface area contributed by atoms with E-state index in [1.54, 1.807) is 43.3 Å². The molecule has 3 rings (SSSR count). The smallest absolute Gasteiger partial charge is 0.335 e. The summed E-state index contributed by atoms with van der Waals surface area (Å²) in [6, 6.07) is 11.9. The lowest BCUT2D eigenvalue weighted by Crippen LogP contribution is -2.09. The van der Waals surface area contributed by atoms with Gasteiger partial charge in [-0.25, -0.2) is 9.78 Å². The van der Waals surface area contributed by atoms with Gasteiger partial charge in [-0.3, -0.25) is 4.79 Å².